The third-order valence-electron chi connectivity index (χ3n) is 4.24. The standard InChI is InChI=1S/C18H24N4OS/c19-10-9-17-20-15(13-24-17)18(23)21-14-7-3-4-8-16(14)22-11-5-1-2-6-12-22/h3-4,7-8,13H,1-2,5-6,9-12,19H2,(H,21,23). The first-order chi connectivity index (χ1) is 11.8. The Morgan fingerprint density at radius 3 is 2.71 bits per heavy atom. The molecule has 0 atom stereocenters. The van der Waals surface area contributed by atoms with Crippen molar-refractivity contribution in [2.45, 2.75) is 32.1 Å². The second kappa shape index (κ2) is 8.26. The molecule has 0 spiro atoms. The van der Waals surface area contributed by atoms with Crippen LogP contribution in [0.1, 0.15) is 41.2 Å². The molecule has 1 aromatic carbocycles. The first-order valence-corrected chi connectivity index (χ1v) is 9.45. The summed E-state index contributed by atoms with van der Waals surface area (Å²) in [5.74, 6) is -0.156. The molecule has 0 saturated carbocycles. The number of para-hydroxylation sites is 2. The number of nitrogens with one attached hydrogen (secondary N) is 1. The number of amides is 1. The maximum atomic E-state index is 12.5. The molecule has 2 heterocycles. The Kier molecular flexibility index (Phi) is 5.82. The zero-order valence-corrected chi connectivity index (χ0v) is 14.6. The highest BCUT2D eigenvalue weighted by Crippen LogP contribution is 2.28. The van der Waals surface area contributed by atoms with E-state index in [0.29, 0.717) is 18.7 Å². The Morgan fingerprint density at radius 1 is 1.21 bits per heavy atom. The van der Waals surface area contributed by atoms with E-state index in [-0.39, 0.29) is 5.91 Å². The molecule has 1 saturated heterocycles. The van der Waals surface area contributed by atoms with Gasteiger partial charge in [-0.2, -0.15) is 0 Å². The number of carbonyl (C=O) groups is 1. The van der Waals surface area contributed by atoms with Crippen molar-refractivity contribution in [3.8, 4) is 0 Å². The summed E-state index contributed by atoms with van der Waals surface area (Å²) in [6.07, 6.45) is 5.69. The lowest BCUT2D eigenvalue weighted by atomic mass is 10.2. The number of benzene rings is 1. The van der Waals surface area contributed by atoms with Gasteiger partial charge >= 0.3 is 0 Å². The van der Waals surface area contributed by atoms with Crippen LogP contribution in [0.25, 0.3) is 0 Å². The quantitative estimate of drug-likeness (QED) is 0.873. The van der Waals surface area contributed by atoms with Gasteiger partial charge < -0.3 is 16.0 Å². The molecule has 1 amide bonds. The first-order valence-electron chi connectivity index (χ1n) is 8.58. The molecule has 3 N–H and O–H groups in total. The van der Waals surface area contributed by atoms with Gasteiger partial charge in [0.1, 0.15) is 5.69 Å². The zero-order chi connectivity index (χ0) is 16.8. The number of nitrogens with zero attached hydrogens (tertiary/aromatic N) is 2. The monoisotopic (exact) mass is 344 g/mol. The summed E-state index contributed by atoms with van der Waals surface area (Å²) >= 11 is 1.49. The minimum Gasteiger partial charge on any atom is -0.370 e. The number of thiazole rings is 1. The van der Waals surface area contributed by atoms with Gasteiger partial charge in [-0.05, 0) is 31.5 Å². The second-order valence-electron chi connectivity index (χ2n) is 6.04. The van der Waals surface area contributed by atoms with Crippen LogP contribution in [0, 0.1) is 0 Å². The molecule has 3 rings (SSSR count). The molecule has 1 aliphatic rings. The molecule has 24 heavy (non-hydrogen) atoms. The van der Waals surface area contributed by atoms with Crippen molar-refractivity contribution in [3.05, 3.63) is 40.3 Å². The van der Waals surface area contributed by atoms with Crippen molar-refractivity contribution in [1.82, 2.24) is 4.98 Å². The van der Waals surface area contributed by atoms with Crippen molar-refractivity contribution < 1.29 is 4.79 Å². The van der Waals surface area contributed by atoms with Gasteiger partial charge in [0.05, 0.1) is 16.4 Å². The van der Waals surface area contributed by atoms with Crippen LogP contribution in [-0.4, -0.2) is 30.5 Å². The highest BCUT2D eigenvalue weighted by atomic mass is 32.1. The summed E-state index contributed by atoms with van der Waals surface area (Å²) in [5.41, 5.74) is 7.97. The summed E-state index contributed by atoms with van der Waals surface area (Å²) in [4.78, 5) is 19.3. The molecular formula is C18H24N4OS. The zero-order valence-electron chi connectivity index (χ0n) is 13.8. The second-order valence-corrected chi connectivity index (χ2v) is 6.98. The van der Waals surface area contributed by atoms with Crippen LogP contribution >= 0.6 is 11.3 Å². The molecule has 0 radical (unpaired) electrons. The van der Waals surface area contributed by atoms with Gasteiger partial charge in [0.2, 0.25) is 0 Å². The number of hydrogen-bond acceptors (Lipinski definition) is 5. The molecular weight excluding hydrogens is 320 g/mol. The van der Waals surface area contributed by atoms with E-state index < -0.39 is 0 Å². The van der Waals surface area contributed by atoms with Gasteiger partial charge in [0.25, 0.3) is 5.91 Å². The SMILES string of the molecule is NCCc1nc(C(=O)Nc2ccccc2N2CCCCCC2)cs1. The van der Waals surface area contributed by atoms with E-state index in [2.05, 4.69) is 21.3 Å². The highest BCUT2D eigenvalue weighted by Gasteiger charge is 2.16. The lowest BCUT2D eigenvalue weighted by molar-refractivity contribution is 0.102. The summed E-state index contributed by atoms with van der Waals surface area (Å²) in [6, 6.07) is 8.03. The maximum absolute atomic E-state index is 12.5. The van der Waals surface area contributed by atoms with Crippen molar-refractivity contribution >= 4 is 28.6 Å². The van der Waals surface area contributed by atoms with Crippen molar-refractivity contribution in [3.63, 3.8) is 0 Å². The Labute approximate surface area is 146 Å². The van der Waals surface area contributed by atoms with Crippen LogP contribution < -0.4 is 16.0 Å². The summed E-state index contributed by atoms with van der Waals surface area (Å²) in [6.45, 7) is 2.64. The summed E-state index contributed by atoms with van der Waals surface area (Å²) in [7, 11) is 0. The molecule has 1 aromatic heterocycles. The molecule has 5 nitrogen and oxygen atoms in total. The molecule has 128 valence electrons. The maximum Gasteiger partial charge on any atom is 0.275 e. The van der Waals surface area contributed by atoms with E-state index in [4.69, 9.17) is 5.73 Å². The Morgan fingerprint density at radius 2 is 1.96 bits per heavy atom. The number of rotatable bonds is 5. The molecule has 0 unspecified atom stereocenters. The normalized spacial score (nSPS) is 15.1. The van der Waals surface area contributed by atoms with Gasteiger partial charge in [-0.3, -0.25) is 4.79 Å². The highest BCUT2D eigenvalue weighted by molar-refractivity contribution is 7.09. The molecule has 0 bridgehead atoms. The predicted molar refractivity (Wildman–Crippen MR) is 99.9 cm³/mol. The van der Waals surface area contributed by atoms with Crippen molar-refractivity contribution in [2.24, 2.45) is 5.73 Å². The number of carbonyl (C=O) groups excluding carboxylic acids is 1. The third-order valence-corrected chi connectivity index (χ3v) is 5.15. The average molecular weight is 344 g/mol. The number of anilines is 2. The van der Waals surface area contributed by atoms with Crippen molar-refractivity contribution in [1.29, 1.82) is 0 Å². The van der Waals surface area contributed by atoms with Crippen LogP contribution in [0.2, 0.25) is 0 Å². The van der Waals surface area contributed by atoms with E-state index in [1.807, 2.05) is 18.2 Å². The summed E-state index contributed by atoms with van der Waals surface area (Å²) < 4.78 is 0. The molecule has 2 aromatic rings. The van der Waals surface area contributed by atoms with E-state index in [0.717, 1.165) is 29.5 Å². The first kappa shape index (κ1) is 16.9. The van der Waals surface area contributed by atoms with Gasteiger partial charge in [-0.25, -0.2) is 4.98 Å². The predicted octanol–water partition coefficient (Wildman–Crippen LogP) is 3.28. The number of hydrogen-bond donors (Lipinski definition) is 2. The molecule has 1 fully saturated rings. The fraction of sp³-hybridized carbons (Fsp3) is 0.444. The summed E-state index contributed by atoms with van der Waals surface area (Å²) in [5, 5.41) is 5.74. The third kappa shape index (κ3) is 4.13. The molecule has 1 aliphatic heterocycles. The molecule has 6 heteroatoms. The van der Waals surface area contributed by atoms with Gasteiger partial charge in [-0.15, -0.1) is 11.3 Å². The van der Waals surface area contributed by atoms with Crippen LogP contribution in [0.4, 0.5) is 11.4 Å². The Balaban J connectivity index is 1.75. The average Bonchev–Trinajstić information content (AvgIpc) is 2.90. The minimum absolute atomic E-state index is 0.156. The van der Waals surface area contributed by atoms with Crippen molar-refractivity contribution in [2.75, 3.05) is 29.9 Å². The van der Waals surface area contributed by atoms with E-state index in [9.17, 15) is 4.79 Å². The molecule has 0 aliphatic carbocycles. The van der Waals surface area contributed by atoms with E-state index in [1.54, 1.807) is 5.38 Å². The number of aromatic nitrogens is 1. The van der Waals surface area contributed by atoms with E-state index in [1.165, 1.54) is 37.0 Å². The van der Waals surface area contributed by atoms with Crippen LogP contribution in [-0.2, 0) is 6.42 Å². The topological polar surface area (TPSA) is 71.2 Å². The van der Waals surface area contributed by atoms with Gasteiger partial charge in [0, 0.05) is 24.9 Å². The fourth-order valence-corrected chi connectivity index (χ4v) is 3.80. The minimum atomic E-state index is -0.156. The smallest absolute Gasteiger partial charge is 0.275 e. The van der Waals surface area contributed by atoms with Gasteiger partial charge in [0.15, 0.2) is 0 Å². The lowest BCUT2D eigenvalue weighted by Crippen LogP contribution is -2.25. The van der Waals surface area contributed by atoms with Crippen LogP contribution in [0.15, 0.2) is 29.6 Å². The van der Waals surface area contributed by atoms with Gasteiger partial charge in [-0.1, -0.05) is 25.0 Å². The Bertz CT molecular complexity index is 677. The van der Waals surface area contributed by atoms with Crippen LogP contribution in [0.5, 0.6) is 0 Å². The largest absolute Gasteiger partial charge is 0.370 e. The lowest BCUT2D eigenvalue weighted by Gasteiger charge is -2.25. The Hall–Kier alpha value is -1.92. The fourth-order valence-electron chi connectivity index (χ4n) is 3.01. The van der Waals surface area contributed by atoms with E-state index >= 15 is 0 Å². The number of nitrogens with two attached hydrogens (primary N) is 1. The van der Waals surface area contributed by atoms with Crippen LogP contribution in [0.3, 0.4) is 0 Å².